The summed E-state index contributed by atoms with van der Waals surface area (Å²) in [6.45, 7) is 1.74. The Morgan fingerprint density at radius 2 is 0.690 bits per heavy atom. The lowest BCUT2D eigenvalue weighted by molar-refractivity contribution is -0.379. The summed E-state index contributed by atoms with van der Waals surface area (Å²) >= 11 is 0. The molecule has 0 aromatic rings. The molecule has 19 heteroatoms. The van der Waals surface area contributed by atoms with E-state index in [4.69, 9.17) is 28.4 Å². The number of rotatable bonds is 65. The molecular weight excluding hydrogens is 1270 g/mol. The topological polar surface area (TPSA) is 307 Å². The highest BCUT2D eigenvalue weighted by atomic mass is 16.8. The lowest BCUT2D eigenvalue weighted by atomic mass is 9.96. The van der Waals surface area contributed by atoms with E-state index in [0.717, 1.165) is 70.6 Å². The van der Waals surface area contributed by atoms with Crippen LogP contribution in [0.25, 0.3) is 0 Å². The molecule has 100 heavy (non-hydrogen) atoms. The van der Waals surface area contributed by atoms with Crippen LogP contribution in [-0.2, 0) is 33.2 Å². The van der Waals surface area contributed by atoms with Gasteiger partial charge in [-0.3, -0.25) is 4.79 Å². The molecule has 0 aromatic carbocycles. The Bertz CT molecular complexity index is 1990. The number of hydrogen-bond donors (Lipinski definition) is 12. The number of hydrogen-bond acceptors (Lipinski definition) is 18. The van der Waals surface area contributed by atoms with Gasteiger partial charge < -0.3 is 89.9 Å². The highest BCUT2D eigenvalue weighted by Gasteiger charge is 2.54. The molecule has 12 N–H and O–H groups in total. The first kappa shape index (κ1) is 92.0. The molecule has 3 saturated heterocycles. The molecule has 3 heterocycles. The van der Waals surface area contributed by atoms with Crippen molar-refractivity contribution in [3.8, 4) is 0 Å². The number of aliphatic hydroxyl groups excluding tert-OH is 11. The molecule has 19 nitrogen and oxygen atoms in total. The van der Waals surface area contributed by atoms with Gasteiger partial charge in [0.25, 0.3) is 0 Å². The molecule has 17 unspecified atom stereocenters. The second-order valence-electron chi connectivity index (χ2n) is 29.2. The van der Waals surface area contributed by atoms with Crippen molar-refractivity contribution >= 4 is 5.91 Å². The lowest BCUT2D eigenvalue weighted by Crippen LogP contribution is -2.66. The van der Waals surface area contributed by atoms with Gasteiger partial charge in [-0.05, 0) is 51.4 Å². The molecule has 3 rings (SSSR count). The third-order valence-electron chi connectivity index (χ3n) is 20.4. The number of aliphatic hydroxyl groups is 11. The van der Waals surface area contributed by atoms with E-state index in [1.807, 2.05) is 0 Å². The molecule has 3 aliphatic rings. The van der Waals surface area contributed by atoms with E-state index in [1.54, 1.807) is 0 Å². The van der Waals surface area contributed by atoms with Crippen LogP contribution >= 0.6 is 0 Å². The van der Waals surface area contributed by atoms with Gasteiger partial charge >= 0.3 is 0 Å². The third-order valence-corrected chi connectivity index (χ3v) is 20.4. The average Bonchev–Trinajstić information content (AvgIpc) is 0.783. The molecule has 0 saturated carbocycles. The van der Waals surface area contributed by atoms with Gasteiger partial charge in [-0.25, -0.2) is 0 Å². The molecule has 0 aliphatic carbocycles. The molecular formula is C81H149NO18. The first-order valence-electron chi connectivity index (χ1n) is 40.9. The Hall–Kier alpha value is -2.25. The first-order valence-corrected chi connectivity index (χ1v) is 40.9. The Morgan fingerprint density at radius 3 is 1.08 bits per heavy atom. The molecule has 0 radical (unpaired) electrons. The van der Waals surface area contributed by atoms with Crippen LogP contribution in [0.15, 0.2) is 48.6 Å². The zero-order valence-electron chi connectivity index (χ0n) is 62.7. The number of carbonyl (C=O) groups is 1. The van der Waals surface area contributed by atoms with E-state index in [9.17, 15) is 61.0 Å². The molecule has 586 valence electrons. The van der Waals surface area contributed by atoms with E-state index in [0.29, 0.717) is 12.8 Å². The maximum atomic E-state index is 13.5. The summed E-state index contributed by atoms with van der Waals surface area (Å²) in [5.74, 6) is -0.240. The Balaban J connectivity index is 1.36. The summed E-state index contributed by atoms with van der Waals surface area (Å²) in [4.78, 5) is 13.5. The Morgan fingerprint density at radius 1 is 0.370 bits per heavy atom. The highest BCUT2D eigenvalue weighted by Crippen LogP contribution is 2.33. The van der Waals surface area contributed by atoms with Crippen LogP contribution in [0.3, 0.4) is 0 Å². The number of amides is 1. The second kappa shape index (κ2) is 61.9. The van der Waals surface area contributed by atoms with Crippen molar-refractivity contribution in [3.63, 3.8) is 0 Å². The zero-order chi connectivity index (χ0) is 72.5. The number of allylic oxidation sites excluding steroid dienone is 8. The molecule has 3 aliphatic heterocycles. The minimum atomic E-state index is -1.97. The monoisotopic (exact) mass is 1420 g/mol. The fourth-order valence-corrected chi connectivity index (χ4v) is 13.9. The van der Waals surface area contributed by atoms with Gasteiger partial charge in [0.2, 0.25) is 5.91 Å². The first-order chi connectivity index (χ1) is 48.8. The molecule has 17 atom stereocenters. The zero-order valence-corrected chi connectivity index (χ0v) is 62.7. The molecule has 3 fully saturated rings. The third kappa shape index (κ3) is 41.6. The van der Waals surface area contributed by atoms with Gasteiger partial charge in [0, 0.05) is 6.42 Å². The summed E-state index contributed by atoms with van der Waals surface area (Å²) in [5, 5.41) is 121. The minimum absolute atomic E-state index is 0.240. The van der Waals surface area contributed by atoms with E-state index >= 15 is 0 Å². The summed E-state index contributed by atoms with van der Waals surface area (Å²) in [6, 6.07) is -0.890. The molecule has 0 bridgehead atoms. The van der Waals surface area contributed by atoms with Crippen molar-refractivity contribution < 1.29 is 89.4 Å². The standard InChI is InChI=1S/C81H149NO18/c1-3-5-7-9-11-13-15-17-19-21-23-25-27-29-31-33-34-36-38-40-42-44-46-48-50-52-54-56-58-65(86)64(82-69(87)59-57-55-53-51-49-47-45-43-41-39-37-35-32-30-28-26-24-22-20-18-16-14-12-10-8-6-4-2)63-95-79-75(93)72(90)77(67(61-84)97-79)100-81-76(94)73(91)78(68(62-85)98-81)99-80-74(92)71(89)70(88)66(60-83)96-80/h6,8,12,14,18,20,24,26,64-68,70-81,83-86,88-94H,3-5,7,9-11,13,15-17,19,21-23,25,27-63H2,1-2H3,(H,82,87)/b8-6-,14-12-,20-18-,26-24-. The van der Waals surface area contributed by atoms with Crippen molar-refractivity contribution in [3.05, 3.63) is 48.6 Å². The number of unbranched alkanes of at least 4 members (excludes halogenated alkanes) is 41. The van der Waals surface area contributed by atoms with Gasteiger partial charge in [-0.1, -0.05) is 319 Å². The largest absolute Gasteiger partial charge is 0.394 e. The van der Waals surface area contributed by atoms with Crippen LogP contribution in [0.4, 0.5) is 0 Å². The molecule has 0 aromatic heterocycles. The van der Waals surface area contributed by atoms with Crippen molar-refractivity contribution in [1.82, 2.24) is 5.32 Å². The molecule has 0 spiro atoms. The SMILES string of the molecule is CC/C=C\C/C=C\C/C=C\C/C=C\CCCCCCCCCCCCCCCCC(=O)NC(COC1OC(CO)C(OC2OC(CO)C(OC3OC(CO)C(O)C(O)C3O)C(O)C2O)C(O)C1O)C(O)CCCCCCCCCCCCCCCCCCCCCCCCCCCCCC. The normalized spacial score (nSPS) is 26.7. The maximum absolute atomic E-state index is 13.5. The van der Waals surface area contributed by atoms with Gasteiger partial charge in [0.15, 0.2) is 18.9 Å². The average molecular weight is 1430 g/mol. The maximum Gasteiger partial charge on any atom is 0.220 e. The van der Waals surface area contributed by atoms with Crippen molar-refractivity contribution in [2.75, 3.05) is 26.4 Å². The van der Waals surface area contributed by atoms with Crippen molar-refractivity contribution in [2.24, 2.45) is 0 Å². The van der Waals surface area contributed by atoms with E-state index < -0.39 is 124 Å². The van der Waals surface area contributed by atoms with Crippen molar-refractivity contribution in [2.45, 2.75) is 433 Å². The van der Waals surface area contributed by atoms with Gasteiger partial charge in [-0.2, -0.15) is 0 Å². The fraction of sp³-hybridized carbons (Fsp3) is 0.889. The van der Waals surface area contributed by atoms with Crippen LogP contribution in [0, 0.1) is 0 Å². The van der Waals surface area contributed by atoms with Crippen LogP contribution in [0.2, 0.25) is 0 Å². The Labute approximate surface area is 605 Å². The minimum Gasteiger partial charge on any atom is -0.394 e. The molecule has 1 amide bonds. The second-order valence-corrected chi connectivity index (χ2v) is 29.2. The summed E-state index contributed by atoms with van der Waals surface area (Å²) in [7, 11) is 0. The summed E-state index contributed by atoms with van der Waals surface area (Å²) in [6.07, 6.45) is 50.5. The quantitative estimate of drug-likeness (QED) is 0.0199. The van der Waals surface area contributed by atoms with Crippen LogP contribution in [0.1, 0.15) is 328 Å². The number of carbonyl (C=O) groups excluding carboxylic acids is 1. The smallest absolute Gasteiger partial charge is 0.220 e. The van der Waals surface area contributed by atoms with Crippen LogP contribution < -0.4 is 5.32 Å². The van der Waals surface area contributed by atoms with Crippen molar-refractivity contribution in [1.29, 1.82) is 0 Å². The summed E-state index contributed by atoms with van der Waals surface area (Å²) < 4.78 is 34.5. The highest BCUT2D eigenvalue weighted by molar-refractivity contribution is 5.76. The van der Waals surface area contributed by atoms with E-state index in [2.05, 4.69) is 67.8 Å². The van der Waals surface area contributed by atoms with Crippen LogP contribution in [-0.4, -0.2) is 193 Å². The Kier molecular flexibility index (Phi) is 56.9. The fourth-order valence-electron chi connectivity index (χ4n) is 13.9. The summed E-state index contributed by atoms with van der Waals surface area (Å²) in [5.41, 5.74) is 0. The van der Waals surface area contributed by atoms with Gasteiger partial charge in [0.1, 0.15) is 73.2 Å². The van der Waals surface area contributed by atoms with E-state index in [-0.39, 0.29) is 18.9 Å². The number of nitrogens with one attached hydrogen (secondary N) is 1. The number of ether oxygens (including phenoxy) is 6. The van der Waals surface area contributed by atoms with Crippen LogP contribution in [0.5, 0.6) is 0 Å². The van der Waals surface area contributed by atoms with E-state index in [1.165, 1.54) is 225 Å². The lowest BCUT2D eigenvalue weighted by Gasteiger charge is -2.48. The van der Waals surface area contributed by atoms with Gasteiger partial charge in [0.05, 0.1) is 38.6 Å². The predicted molar refractivity (Wildman–Crippen MR) is 397 cm³/mol. The predicted octanol–water partition coefficient (Wildman–Crippen LogP) is 13.7. The van der Waals surface area contributed by atoms with Gasteiger partial charge in [-0.15, -0.1) is 0 Å².